The average Bonchev–Trinajstić information content (AvgIpc) is 2.13. The summed E-state index contributed by atoms with van der Waals surface area (Å²) in [7, 11) is 2.59. The molecule has 1 unspecified atom stereocenters. The van der Waals surface area contributed by atoms with Gasteiger partial charge in [0.1, 0.15) is 0 Å². The maximum atomic E-state index is 10.2. The molecule has 0 amide bonds. The van der Waals surface area contributed by atoms with Crippen LogP contribution in [0.3, 0.4) is 0 Å². The maximum absolute atomic E-state index is 10.2. The second kappa shape index (κ2) is 2.59. The van der Waals surface area contributed by atoms with Gasteiger partial charge < -0.3 is 0 Å². The van der Waals surface area contributed by atoms with Crippen LogP contribution in [0.5, 0.6) is 0 Å². The molecule has 1 aromatic rings. The van der Waals surface area contributed by atoms with Gasteiger partial charge in [-0.1, -0.05) is 0 Å². The first-order valence-corrected chi connectivity index (χ1v) is 3.94. The van der Waals surface area contributed by atoms with Gasteiger partial charge in [-0.3, -0.25) is 4.79 Å². The highest BCUT2D eigenvalue weighted by Crippen LogP contribution is 2.12. The van der Waals surface area contributed by atoms with Gasteiger partial charge in [-0.2, -0.15) is 0 Å². The van der Waals surface area contributed by atoms with E-state index in [9.17, 15) is 4.79 Å². The third-order valence-electron chi connectivity index (χ3n) is 1.09. The van der Waals surface area contributed by atoms with Gasteiger partial charge in [-0.15, -0.1) is 20.6 Å². The highest BCUT2D eigenvalue weighted by Gasteiger charge is 1.97. The van der Waals surface area contributed by atoms with Crippen molar-refractivity contribution in [2.24, 2.45) is 0 Å². The number of aldehydes is 1. The Kier molecular flexibility index (Phi) is 1.99. The molecule has 1 rings (SSSR count). The van der Waals surface area contributed by atoms with E-state index in [1.165, 1.54) is 16.2 Å². The van der Waals surface area contributed by atoms with Crippen molar-refractivity contribution in [1.29, 1.82) is 0 Å². The molecule has 1 nitrogen and oxygen atoms in total. The monoisotopic (exact) mass is 158 g/mol. The van der Waals surface area contributed by atoms with E-state index in [0.29, 0.717) is 0 Å². The van der Waals surface area contributed by atoms with E-state index in [4.69, 9.17) is 0 Å². The lowest BCUT2D eigenvalue weighted by atomic mass is 10.4. The van der Waals surface area contributed by atoms with Crippen LogP contribution in [0.15, 0.2) is 6.07 Å². The molecular formula is C6H7OPS. The summed E-state index contributed by atoms with van der Waals surface area (Å²) >= 11 is 1.53. The van der Waals surface area contributed by atoms with Gasteiger partial charge in [0.2, 0.25) is 0 Å². The molecule has 0 N–H and O–H groups in total. The van der Waals surface area contributed by atoms with Gasteiger partial charge in [0.15, 0.2) is 6.29 Å². The standard InChI is InChI=1S/C6H7OPS/c1-4-6(8)2-5(3-7)9-4/h2-3H,8H2,1H3. The summed E-state index contributed by atoms with van der Waals surface area (Å²) in [5.74, 6) is 0. The smallest absolute Gasteiger partial charge is 0.160 e. The molecule has 3 heteroatoms. The van der Waals surface area contributed by atoms with Gasteiger partial charge in [0.25, 0.3) is 0 Å². The number of rotatable bonds is 1. The fraction of sp³-hybridized carbons (Fsp3) is 0.167. The average molecular weight is 158 g/mol. The molecule has 0 aliphatic carbocycles. The van der Waals surface area contributed by atoms with E-state index < -0.39 is 0 Å². The molecule has 0 bridgehead atoms. The van der Waals surface area contributed by atoms with Crippen molar-refractivity contribution in [3.63, 3.8) is 0 Å². The van der Waals surface area contributed by atoms with Crippen LogP contribution in [0.25, 0.3) is 0 Å². The van der Waals surface area contributed by atoms with Crippen molar-refractivity contribution in [3.8, 4) is 0 Å². The zero-order chi connectivity index (χ0) is 6.85. The zero-order valence-electron chi connectivity index (χ0n) is 5.05. The van der Waals surface area contributed by atoms with E-state index in [1.54, 1.807) is 0 Å². The van der Waals surface area contributed by atoms with E-state index in [1.807, 2.05) is 13.0 Å². The lowest BCUT2D eigenvalue weighted by Crippen LogP contribution is -1.84. The molecule has 0 aliphatic rings. The highest BCUT2D eigenvalue weighted by atomic mass is 32.1. The number of aryl methyl sites for hydroxylation is 1. The van der Waals surface area contributed by atoms with E-state index >= 15 is 0 Å². The molecule has 1 aromatic heterocycles. The summed E-state index contributed by atoms with van der Waals surface area (Å²) < 4.78 is 0. The Labute approximate surface area is 60.3 Å². The number of hydrogen-bond donors (Lipinski definition) is 0. The minimum atomic E-state index is 0.803. The summed E-state index contributed by atoms with van der Waals surface area (Å²) in [5, 5.41) is 1.13. The third kappa shape index (κ3) is 1.38. The molecule has 48 valence electrons. The van der Waals surface area contributed by atoms with Crippen LogP contribution in [0.4, 0.5) is 0 Å². The first-order valence-electron chi connectivity index (χ1n) is 2.55. The molecule has 0 radical (unpaired) electrons. The van der Waals surface area contributed by atoms with Crippen LogP contribution in [0.1, 0.15) is 14.5 Å². The first-order chi connectivity index (χ1) is 4.24. The van der Waals surface area contributed by atoms with Crippen LogP contribution < -0.4 is 5.30 Å². The van der Waals surface area contributed by atoms with Crippen LogP contribution in [-0.2, 0) is 0 Å². The molecule has 0 aliphatic heterocycles. The van der Waals surface area contributed by atoms with Crippen molar-refractivity contribution in [1.82, 2.24) is 0 Å². The van der Waals surface area contributed by atoms with E-state index in [2.05, 4.69) is 9.24 Å². The molecular weight excluding hydrogens is 151 g/mol. The summed E-state index contributed by atoms with van der Waals surface area (Å²) in [5.41, 5.74) is 0. The second-order valence-electron chi connectivity index (χ2n) is 1.78. The van der Waals surface area contributed by atoms with Gasteiger partial charge >= 0.3 is 0 Å². The topological polar surface area (TPSA) is 17.1 Å². The predicted molar refractivity (Wildman–Crippen MR) is 43.8 cm³/mol. The van der Waals surface area contributed by atoms with Crippen LogP contribution in [0.2, 0.25) is 0 Å². The molecule has 0 saturated carbocycles. The SMILES string of the molecule is Cc1sc(C=O)cc1P. The van der Waals surface area contributed by atoms with E-state index in [0.717, 1.165) is 16.5 Å². The molecule has 1 atom stereocenters. The molecule has 9 heavy (non-hydrogen) atoms. The Balaban J connectivity index is 3.11. The van der Waals surface area contributed by atoms with Gasteiger partial charge in [-0.05, 0) is 18.3 Å². The predicted octanol–water partition coefficient (Wildman–Crippen LogP) is 1.37. The van der Waals surface area contributed by atoms with Crippen molar-refractivity contribution >= 4 is 32.2 Å². The molecule has 0 aromatic carbocycles. The highest BCUT2D eigenvalue weighted by molar-refractivity contribution is 7.30. The summed E-state index contributed by atoms with van der Waals surface area (Å²) in [6.07, 6.45) is 0.880. The summed E-state index contributed by atoms with van der Waals surface area (Å²) in [4.78, 5) is 12.2. The van der Waals surface area contributed by atoms with Gasteiger partial charge in [-0.25, -0.2) is 0 Å². The normalized spacial score (nSPS) is 9.56. The van der Waals surface area contributed by atoms with Gasteiger partial charge in [0.05, 0.1) is 4.88 Å². The summed E-state index contributed by atoms with van der Waals surface area (Å²) in [6, 6.07) is 1.87. The fourth-order valence-corrected chi connectivity index (χ4v) is 1.82. The zero-order valence-corrected chi connectivity index (χ0v) is 7.02. The third-order valence-corrected chi connectivity index (χ3v) is 2.89. The van der Waals surface area contributed by atoms with Crippen molar-refractivity contribution in [2.75, 3.05) is 0 Å². The Morgan fingerprint density at radius 2 is 2.44 bits per heavy atom. The second-order valence-corrected chi connectivity index (χ2v) is 3.69. The molecule has 0 spiro atoms. The maximum Gasteiger partial charge on any atom is 0.160 e. The number of carbonyl (C=O) groups is 1. The van der Waals surface area contributed by atoms with Crippen LogP contribution >= 0.6 is 20.6 Å². The Morgan fingerprint density at radius 3 is 2.67 bits per heavy atom. The number of carbonyl (C=O) groups excluding carboxylic acids is 1. The minimum Gasteiger partial charge on any atom is -0.297 e. The first kappa shape index (κ1) is 6.91. The number of thiophene rings is 1. The molecule has 0 fully saturated rings. The fourth-order valence-electron chi connectivity index (χ4n) is 0.578. The number of hydrogen-bond acceptors (Lipinski definition) is 2. The van der Waals surface area contributed by atoms with E-state index in [-0.39, 0.29) is 0 Å². The Hall–Kier alpha value is -0.200. The lowest BCUT2D eigenvalue weighted by Gasteiger charge is -1.79. The lowest BCUT2D eigenvalue weighted by molar-refractivity contribution is 0.112. The Morgan fingerprint density at radius 1 is 1.78 bits per heavy atom. The molecule has 0 saturated heterocycles. The summed E-state index contributed by atoms with van der Waals surface area (Å²) in [6.45, 7) is 2.00. The largest absolute Gasteiger partial charge is 0.297 e. The molecule has 1 heterocycles. The quantitative estimate of drug-likeness (QED) is 0.445. The van der Waals surface area contributed by atoms with Crippen LogP contribution in [0, 0.1) is 6.92 Å². The van der Waals surface area contributed by atoms with Crippen molar-refractivity contribution in [2.45, 2.75) is 6.92 Å². The van der Waals surface area contributed by atoms with Gasteiger partial charge in [0, 0.05) is 4.88 Å². The minimum absolute atomic E-state index is 0.803. The van der Waals surface area contributed by atoms with Crippen molar-refractivity contribution in [3.05, 3.63) is 15.8 Å². The van der Waals surface area contributed by atoms with Crippen LogP contribution in [-0.4, -0.2) is 6.29 Å². The van der Waals surface area contributed by atoms with Crippen molar-refractivity contribution < 1.29 is 4.79 Å². The Bertz CT molecular complexity index is 209.